The molecule has 0 aliphatic heterocycles. The Morgan fingerprint density at radius 1 is 1.00 bits per heavy atom. The van der Waals surface area contributed by atoms with Crippen molar-refractivity contribution in [3.8, 4) is 0 Å². The van der Waals surface area contributed by atoms with E-state index in [0.29, 0.717) is 6.07 Å². The summed E-state index contributed by atoms with van der Waals surface area (Å²) in [4.78, 5) is 0. The molecule has 1 atom stereocenters. The van der Waals surface area contributed by atoms with Gasteiger partial charge in [0.1, 0.15) is 5.82 Å². The summed E-state index contributed by atoms with van der Waals surface area (Å²) in [6.45, 7) is 0. The summed E-state index contributed by atoms with van der Waals surface area (Å²) >= 11 is 0. The van der Waals surface area contributed by atoms with E-state index in [2.05, 4.69) is 0 Å². The lowest BCUT2D eigenvalue weighted by molar-refractivity contribution is 0.128. The summed E-state index contributed by atoms with van der Waals surface area (Å²) in [6, 6.07) is -0.562. The van der Waals surface area contributed by atoms with E-state index in [4.69, 9.17) is 5.73 Å². The smallest absolute Gasteiger partial charge is 0.240 e. The average Bonchev–Trinajstić information content (AvgIpc) is 2.09. The quantitative estimate of drug-likeness (QED) is 0.656. The van der Waals surface area contributed by atoms with Gasteiger partial charge in [0, 0.05) is 24.1 Å². The Hall–Kier alpha value is -0.880. The van der Waals surface area contributed by atoms with Gasteiger partial charge in [0.05, 0.1) is 0 Å². The first-order chi connectivity index (χ1) is 6.91. The fourth-order valence-corrected chi connectivity index (χ4v) is 1.14. The Bertz CT molecular complexity index is 358. The van der Waals surface area contributed by atoms with E-state index in [1.807, 2.05) is 0 Å². The van der Waals surface area contributed by atoms with Crippen LogP contribution in [0.3, 0.4) is 0 Å². The van der Waals surface area contributed by atoms with Crippen molar-refractivity contribution in [3.63, 3.8) is 0 Å². The van der Waals surface area contributed by atoms with Crippen LogP contribution in [0.2, 0.25) is 0 Å². The number of alkyl halides is 2. The van der Waals surface area contributed by atoms with Gasteiger partial charge in [-0.2, -0.15) is 0 Å². The van der Waals surface area contributed by atoms with Crippen molar-refractivity contribution in [1.29, 1.82) is 0 Å². The van der Waals surface area contributed by atoms with Crippen LogP contribution in [0, 0.1) is 17.5 Å². The molecule has 0 aliphatic rings. The van der Waals surface area contributed by atoms with Crippen molar-refractivity contribution in [3.05, 3.63) is 35.1 Å². The van der Waals surface area contributed by atoms with Crippen LogP contribution in [0.15, 0.2) is 12.1 Å². The summed E-state index contributed by atoms with van der Waals surface area (Å²) in [5.41, 5.74) is 4.76. The maximum absolute atomic E-state index is 13.0. The standard InChI is InChI=1S/C9H8F5N.ClH/c10-5-2-7(12)6(11)1-4(5)8(15)3-9(13)14;/h1-2,8-9H,3,15H2;1H/t8-;/m1./s1. The predicted octanol–water partition coefficient (Wildman–Crippen LogP) is 3.18. The first-order valence-corrected chi connectivity index (χ1v) is 4.10. The van der Waals surface area contributed by atoms with E-state index < -0.39 is 41.9 Å². The van der Waals surface area contributed by atoms with Gasteiger partial charge in [-0.15, -0.1) is 12.4 Å². The van der Waals surface area contributed by atoms with Gasteiger partial charge in [-0.25, -0.2) is 22.0 Å². The minimum absolute atomic E-state index is 0. The van der Waals surface area contributed by atoms with Gasteiger partial charge in [0.25, 0.3) is 0 Å². The highest BCUT2D eigenvalue weighted by atomic mass is 35.5. The van der Waals surface area contributed by atoms with Gasteiger partial charge in [-0.1, -0.05) is 0 Å². The molecule has 2 N–H and O–H groups in total. The Balaban J connectivity index is 0.00000225. The molecule has 0 bridgehead atoms. The van der Waals surface area contributed by atoms with Crippen molar-refractivity contribution in [2.24, 2.45) is 5.73 Å². The molecular formula is C9H9ClF5N. The number of nitrogens with two attached hydrogens (primary N) is 1. The first kappa shape index (κ1) is 15.1. The average molecular weight is 262 g/mol. The lowest BCUT2D eigenvalue weighted by atomic mass is 10.0. The Kier molecular flexibility index (Phi) is 5.67. The molecule has 0 fully saturated rings. The monoisotopic (exact) mass is 261 g/mol. The number of rotatable bonds is 3. The van der Waals surface area contributed by atoms with Crippen molar-refractivity contribution in [2.75, 3.05) is 0 Å². The fraction of sp³-hybridized carbons (Fsp3) is 0.333. The largest absolute Gasteiger partial charge is 0.324 e. The lowest BCUT2D eigenvalue weighted by Crippen LogP contribution is -2.16. The molecule has 0 spiro atoms. The summed E-state index contributed by atoms with van der Waals surface area (Å²) in [5, 5.41) is 0. The third-order valence-corrected chi connectivity index (χ3v) is 1.87. The molecule has 1 rings (SSSR count). The zero-order valence-corrected chi connectivity index (χ0v) is 8.71. The number of hydrogen-bond acceptors (Lipinski definition) is 1. The Morgan fingerprint density at radius 2 is 1.50 bits per heavy atom. The molecule has 0 amide bonds. The topological polar surface area (TPSA) is 26.0 Å². The highest BCUT2D eigenvalue weighted by Gasteiger charge is 2.18. The molecule has 1 nitrogen and oxygen atoms in total. The second kappa shape index (κ2) is 6.00. The van der Waals surface area contributed by atoms with Gasteiger partial charge < -0.3 is 5.73 Å². The van der Waals surface area contributed by atoms with Crippen LogP contribution in [-0.4, -0.2) is 6.43 Å². The van der Waals surface area contributed by atoms with Crippen LogP contribution >= 0.6 is 12.4 Å². The van der Waals surface area contributed by atoms with Gasteiger partial charge >= 0.3 is 0 Å². The van der Waals surface area contributed by atoms with Crippen molar-refractivity contribution < 1.29 is 22.0 Å². The highest BCUT2D eigenvalue weighted by molar-refractivity contribution is 5.85. The van der Waals surface area contributed by atoms with Crippen LogP contribution in [0.25, 0.3) is 0 Å². The van der Waals surface area contributed by atoms with Crippen LogP contribution in [0.1, 0.15) is 18.0 Å². The highest BCUT2D eigenvalue weighted by Crippen LogP contribution is 2.23. The third-order valence-electron chi connectivity index (χ3n) is 1.87. The molecule has 7 heteroatoms. The van der Waals surface area contributed by atoms with Crippen molar-refractivity contribution >= 4 is 12.4 Å². The van der Waals surface area contributed by atoms with Crippen LogP contribution < -0.4 is 5.73 Å². The van der Waals surface area contributed by atoms with Crippen molar-refractivity contribution in [1.82, 2.24) is 0 Å². The zero-order chi connectivity index (χ0) is 11.6. The van der Waals surface area contributed by atoms with Crippen LogP contribution in [-0.2, 0) is 0 Å². The maximum atomic E-state index is 13.0. The van der Waals surface area contributed by atoms with E-state index in [9.17, 15) is 22.0 Å². The van der Waals surface area contributed by atoms with Gasteiger partial charge in [0.2, 0.25) is 6.43 Å². The zero-order valence-electron chi connectivity index (χ0n) is 7.89. The molecule has 0 saturated heterocycles. The normalized spacial score (nSPS) is 12.4. The maximum Gasteiger partial charge on any atom is 0.240 e. The molecule has 1 aromatic rings. The number of halogens is 6. The SMILES string of the molecule is Cl.N[C@H](CC(F)F)c1cc(F)c(F)cc1F. The molecule has 0 aliphatic carbocycles. The predicted molar refractivity (Wildman–Crippen MR) is 51.1 cm³/mol. The summed E-state index contributed by atoms with van der Waals surface area (Å²) in [7, 11) is 0. The molecule has 0 unspecified atom stereocenters. The molecule has 0 saturated carbocycles. The van der Waals surface area contributed by atoms with E-state index in [1.165, 1.54) is 0 Å². The van der Waals surface area contributed by atoms with Crippen LogP contribution in [0.4, 0.5) is 22.0 Å². The van der Waals surface area contributed by atoms with E-state index in [-0.39, 0.29) is 18.5 Å². The molecule has 0 heterocycles. The molecule has 92 valence electrons. The fourth-order valence-electron chi connectivity index (χ4n) is 1.14. The second-order valence-corrected chi connectivity index (χ2v) is 3.02. The van der Waals surface area contributed by atoms with Crippen molar-refractivity contribution in [2.45, 2.75) is 18.9 Å². The first-order valence-electron chi connectivity index (χ1n) is 4.10. The summed E-state index contributed by atoms with van der Waals surface area (Å²) < 4.78 is 62.0. The van der Waals surface area contributed by atoms with E-state index in [1.54, 1.807) is 0 Å². The minimum atomic E-state index is -2.73. The Labute approximate surface area is 94.8 Å². The van der Waals surface area contributed by atoms with E-state index in [0.717, 1.165) is 0 Å². The summed E-state index contributed by atoms with van der Waals surface area (Å²) in [6.07, 6.45) is -3.53. The molecule has 0 aromatic heterocycles. The second-order valence-electron chi connectivity index (χ2n) is 3.02. The minimum Gasteiger partial charge on any atom is -0.324 e. The molecule has 16 heavy (non-hydrogen) atoms. The molecule has 0 radical (unpaired) electrons. The van der Waals surface area contributed by atoms with E-state index >= 15 is 0 Å². The lowest BCUT2D eigenvalue weighted by Gasteiger charge is -2.12. The third kappa shape index (κ3) is 3.61. The van der Waals surface area contributed by atoms with Crippen LogP contribution in [0.5, 0.6) is 0 Å². The molecule has 1 aromatic carbocycles. The number of benzene rings is 1. The van der Waals surface area contributed by atoms with Gasteiger partial charge in [0.15, 0.2) is 11.6 Å². The summed E-state index contributed by atoms with van der Waals surface area (Å²) in [5.74, 6) is -3.81. The van der Waals surface area contributed by atoms with Gasteiger partial charge in [-0.3, -0.25) is 0 Å². The number of hydrogen-bond donors (Lipinski definition) is 1. The molecular weight excluding hydrogens is 253 g/mol. The van der Waals surface area contributed by atoms with Gasteiger partial charge in [-0.05, 0) is 6.07 Å². The Morgan fingerprint density at radius 3 is 2.00 bits per heavy atom.